The van der Waals surface area contributed by atoms with Gasteiger partial charge in [-0.2, -0.15) is 0 Å². The van der Waals surface area contributed by atoms with E-state index in [9.17, 15) is 14.4 Å². The lowest BCUT2D eigenvalue weighted by Crippen LogP contribution is -2.30. The van der Waals surface area contributed by atoms with E-state index in [1.807, 2.05) is 6.08 Å². The van der Waals surface area contributed by atoms with Crippen LogP contribution >= 0.6 is 0 Å². The number of hydrogen-bond acceptors (Lipinski definition) is 6. The van der Waals surface area contributed by atoms with E-state index in [2.05, 4.69) is 124 Å². The fraction of sp³-hybridized carbons (Fsp3) is 0.716. The summed E-state index contributed by atoms with van der Waals surface area (Å²) >= 11 is 0. The minimum atomic E-state index is -0.805. The summed E-state index contributed by atoms with van der Waals surface area (Å²) in [5, 5.41) is 0. The van der Waals surface area contributed by atoms with Gasteiger partial charge in [-0.1, -0.05) is 323 Å². The number of carbonyl (C=O) groups is 3. The Morgan fingerprint density at radius 2 is 0.512 bits per heavy atom. The molecule has 0 aromatic rings. The molecule has 0 amide bonds. The van der Waals surface area contributed by atoms with Crippen LogP contribution in [0.3, 0.4) is 0 Å². The first-order valence-corrected chi connectivity index (χ1v) is 33.9. The maximum absolute atomic E-state index is 12.9. The number of esters is 3. The predicted molar refractivity (Wildman–Crippen MR) is 348 cm³/mol. The number of rotatable bonds is 61. The summed E-state index contributed by atoms with van der Waals surface area (Å²) in [4.78, 5) is 38.3. The quantitative estimate of drug-likeness (QED) is 0.0261. The lowest BCUT2D eigenvalue weighted by molar-refractivity contribution is -0.166. The molecule has 0 rings (SSSR count). The van der Waals surface area contributed by atoms with Crippen LogP contribution in [-0.2, 0) is 28.6 Å². The van der Waals surface area contributed by atoms with E-state index < -0.39 is 6.10 Å². The Kier molecular flexibility index (Phi) is 64.3. The Bertz CT molecular complexity index is 1610. The maximum atomic E-state index is 12.9. The summed E-state index contributed by atoms with van der Waals surface area (Å²) in [6.07, 6.45) is 92.8. The average Bonchev–Trinajstić information content (AvgIpc) is 3.46. The van der Waals surface area contributed by atoms with Crippen molar-refractivity contribution in [3.63, 3.8) is 0 Å². The first-order chi connectivity index (χ1) is 39.5. The van der Waals surface area contributed by atoms with Crippen LogP contribution in [-0.4, -0.2) is 37.2 Å². The highest BCUT2D eigenvalue weighted by molar-refractivity contribution is 5.71. The van der Waals surface area contributed by atoms with Crippen molar-refractivity contribution in [2.45, 2.75) is 329 Å². The maximum Gasteiger partial charge on any atom is 0.306 e. The van der Waals surface area contributed by atoms with Crippen LogP contribution in [0.2, 0.25) is 0 Å². The van der Waals surface area contributed by atoms with Gasteiger partial charge in [0.15, 0.2) is 6.10 Å². The van der Waals surface area contributed by atoms with Gasteiger partial charge in [0.25, 0.3) is 0 Å². The van der Waals surface area contributed by atoms with Crippen molar-refractivity contribution < 1.29 is 28.6 Å². The van der Waals surface area contributed by atoms with Crippen molar-refractivity contribution in [3.8, 4) is 0 Å². The summed E-state index contributed by atoms with van der Waals surface area (Å²) < 4.78 is 16.9. The Labute approximate surface area is 495 Å². The Morgan fingerprint density at radius 1 is 0.263 bits per heavy atom. The molecule has 0 aromatic carbocycles. The number of hydrogen-bond donors (Lipinski definition) is 0. The summed E-state index contributed by atoms with van der Waals surface area (Å²) in [7, 11) is 0. The van der Waals surface area contributed by atoms with E-state index in [4.69, 9.17) is 14.2 Å². The molecular weight excluding hydrogens is 985 g/mol. The Morgan fingerprint density at radius 3 is 0.838 bits per heavy atom. The second-order valence-corrected chi connectivity index (χ2v) is 22.3. The molecule has 0 bridgehead atoms. The van der Waals surface area contributed by atoms with E-state index in [0.29, 0.717) is 19.3 Å². The zero-order chi connectivity index (χ0) is 57.8. The van der Waals surface area contributed by atoms with Gasteiger partial charge in [0, 0.05) is 19.3 Å². The fourth-order valence-corrected chi connectivity index (χ4v) is 9.55. The van der Waals surface area contributed by atoms with Crippen LogP contribution in [0.15, 0.2) is 109 Å². The third-order valence-corrected chi connectivity index (χ3v) is 14.5. The molecule has 0 spiro atoms. The van der Waals surface area contributed by atoms with Gasteiger partial charge in [-0.05, 0) is 89.9 Å². The summed E-state index contributed by atoms with van der Waals surface area (Å²) in [5.41, 5.74) is 0. The summed E-state index contributed by atoms with van der Waals surface area (Å²) in [5.74, 6) is -0.968. The van der Waals surface area contributed by atoms with Crippen LogP contribution in [0.25, 0.3) is 0 Å². The highest BCUT2D eigenvalue weighted by Crippen LogP contribution is 2.17. The van der Waals surface area contributed by atoms with Crippen LogP contribution in [0.4, 0.5) is 0 Å². The van der Waals surface area contributed by atoms with Crippen molar-refractivity contribution in [2.24, 2.45) is 0 Å². The van der Waals surface area contributed by atoms with E-state index in [-0.39, 0.29) is 37.5 Å². The van der Waals surface area contributed by atoms with E-state index >= 15 is 0 Å². The Balaban J connectivity index is 4.19. The normalized spacial score (nSPS) is 12.8. The molecule has 458 valence electrons. The van der Waals surface area contributed by atoms with Gasteiger partial charge in [-0.25, -0.2) is 0 Å². The minimum Gasteiger partial charge on any atom is -0.462 e. The molecule has 0 aliphatic heterocycles. The molecule has 1 atom stereocenters. The average molecular weight is 1110 g/mol. The first-order valence-electron chi connectivity index (χ1n) is 33.9. The molecule has 1 unspecified atom stereocenters. The monoisotopic (exact) mass is 1110 g/mol. The third kappa shape index (κ3) is 64.9. The number of carbonyl (C=O) groups excluding carboxylic acids is 3. The van der Waals surface area contributed by atoms with Crippen molar-refractivity contribution in [3.05, 3.63) is 109 Å². The van der Waals surface area contributed by atoms with Crippen LogP contribution in [0.1, 0.15) is 323 Å². The number of allylic oxidation sites excluding steroid dienone is 18. The van der Waals surface area contributed by atoms with Crippen LogP contribution in [0.5, 0.6) is 0 Å². The van der Waals surface area contributed by atoms with Gasteiger partial charge in [0.2, 0.25) is 0 Å². The van der Waals surface area contributed by atoms with E-state index in [1.165, 1.54) is 180 Å². The third-order valence-electron chi connectivity index (χ3n) is 14.5. The first kappa shape index (κ1) is 76.1. The Hall–Kier alpha value is -3.93. The molecule has 6 nitrogen and oxygen atoms in total. The molecule has 0 N–H and O–H groups in total. The number of ether oxygens (including phenoxy) is 3. The molecule has 0 aliphatic carbocycles. The zero-order valence-corrected chi connectivity index (χ0v) is 52.6. The summed E-state index contributed by atoms with van der Waals surface area (Å²) in [6.45, 7) is 6.38. The topological polar surface area (TPSA) is 78.9 Å². The van der Waals surface area contributed by atoms with Crippen molar-refractivity contribution in [1.82, 2.24) is 0 Å². The second-order valence-electron chi connectivity index (χ2n) is 22.3. The highest BCUT2D eigenvalue weighted by Gasteiger charge is 2.19. The van der Waals surface area contributed by atoms with Gasteiger partial charge in [-0.3, -0.25) is 14.4 Å². The molecule has 0 saturated carbocycles. The second kappa shape index (κ2) is 67.6. The predicted octanol–water partition coefficient (Wildman–Crippen LogP) is 23.4. The number of unbranched alkanes of at least 4 members (excludes halogenated alkanes) is 32. The fourth-order valence-electron chi connectivity index (χ4n) is 9.55. The largest absolute Gasteiger partial charge is 0.462 e. The molecule has 0 heterocycles. The summed E-state index contributed by atoms with van der Waals surface area (Å²) in [6, 6.07) is 0. The van der Waals surface area contributed by atoms with E-state index in [1.54, 1.807) is 0 Å². The van der Waals surface area contributed by atoms with Gasteiger partial charge < -0.3 is 14.2 Å². The smallest absolute Gasteiger partial charge is 0.306 e. The van der Waals surface area contributed by atoms with Crippen LogP contribution in [0, 0.1) is 0 Å². The van der Waals surface area contributed by atoms with Gasteiger partial charge in [0.05, 0.1) is 0 Å². The SMILES string of the molecule is CC/C=C\C/C=C\C/C=C\C/C=C\C/C=C\CCCCCCCCCCCCCCCCCCCC(=O)OCC(COC(=O)CC/C=C\C/C=C\C/C=C\C/C=C\CC)OC(=O)CCCCCCCCCCCCCCCCCC. The molecule has 0 saturated heterocycles. The van der Waals surface area contributed by atoms with E-state index in [0.717, 1.165) is 96.3 Å². The van der Waals surface area contributed by atoms with Crippen molar-refractivity contribution >= 4 is 17.9 Å². The zero-order valence-electron chi connectivity index (χ0n) is 52.6. The van der Waals surface area contributed by atoms with Gasteiger partial charge in [0.1, 0.15) is 13.2 Å². The van der Waals surface area contributed by atoms with Crippen molar-refractivity contribution in [1.29, 1.82) is 0 Å². The van der Waals surface area contributed by atoms with Gasteiger partial charge >= 0.3 is 17.9 Å². The molecule has 0 radical (unpaired) electrons. The molecule has 80 heavy (non-hydrogen) atoms. The minimum absolute atomic E-state index is 0.0961. The molecule has 0 aliphatic rings. The lowest BCUT2D eigenvalue weighted by Gasteiger charge is -2.18. The molecule has 6 heteroatoms. The highest BCUT2D eigenvalue weighted by atomic mass is 16.6. The van der Waals surface area contributed by atoms with Crippen molar-refractivity contribution in [2.75, 3.05) is 13.2 Å². The van der Waals surface area contributed by atoms with Crippen LogP contribution < -0.4 is 0 Å². The van der Waals surface area contributed by atoms with Gasteiger partial charge in [-0.15, -0.1) is 0 Å². The molecule has 0 aromatic heterocycles. The molecule has 0 fully saturated rings. The molecular formula is C74H126O6. The lowest BCUT2D eigenvalue weighted by atomic mass is 10.0. The standard InChI is InChI=1S/C74H126O6/c1-4-7-10-13-16-19-22-25-27-29-30-31-32-33-34-35-36-37-38-39-40-41-42-43-44-45-47-49-52-55-58-61-64-67-73(76)79-70-71(69-78-72(75)66-63-60-57-54-51-48-24-21-18-15-12-9-6-3)80-74(77)68-65-62-59-56-53-50-46-28-26-23-20-17-14-11-8-5-2/h7,9-10,12,16,18-19,21,25,27,30-31,33-34,48,51,57,60,71H,4-6,8,11,13-15,17,20,22-24,26,28-29,32,35-47,49-50,52-56,58-59,61-70H2,1-3H3/b10-7-,12-9-,19-16-,21-18-,27-25-,31-30-,34-33-,51-48-,60-57-.